The number of nitrogen functional groups attached to an aromatic ring is 2. The second-order valence-electron chi connectivity index (χ2n) is 4.87. The predicted molar refractivity (Wildman–Crippen MR) is 77.3 cm³/mol. The van der Waals surface area contributed by atoms with E-state index >= 15 is 0 Å². The maximum Gasteiger partial charge on any atom is 0.122 e. The highest BCUT2D eigenvalue weighted by Crippen LogP contribution is 2.32. The number of aromatic hydroxyl groups is 2. The zero-order valence-corrected chi connectivity index (χ0v) is 11.1. The molecule has 2 rings (SSSR count). The summed E-state index contributed by atoms with van der Waals surface area (Å²) in [6, 6.07) is 6.84. The molecule has 0 unspecified atom stereocenters. The van der Waals surface area contributed by atoms with Crippen molar-refractivity contribution in [2.24, 2.45) is 0 Å². The van der Waals surface area contributed by atoms with E-state index in [9.17, 15) is 10.2 Å². The van der Waals surface area contributed by atoms with Gasteiger partial charge >= 0.3 is 0 Å². The van der Waals surface area contributed by atoms with Crippen LogP contribution in [-0.4, -0.2) is 10.2 Å². The van der Waals surface area contributed by atoms with Crippen molar-refractivity contribution in [2.75, 3.05) is 11.5 Å². The second kappa shape index (κ2) is 4.72. The summed E-state index contributed by atoms with van der Waals surface area (Å²) >= 11 is 0. The fourth-order valence-corrected chi connectivity index (χ4v) is 2.24. The monoisotopic (exact) mass is 258 g/mol. The van der Waals surface area contributed by atoms with Gasteiger partial charge in [-0.2, -0.15) is 0 Å². The van der Waals surface area contributed by atoms with Crippen LogP contribution in [0, 0.1) is 13.8 Å². The van der Waals surface area contributed by atoms with Gasteiger partial charge < -0.3 is 21.7 Å². The summed E-state index contributed by atoms with van der Waals surface area (Å²) in [5.74, 6) is 0.405. The first-order valence-corrected chi connectivity index (χ1v) is 6.04. The predicted octanol–water partition coefficient (Wildman–Crippen LogP) is 2.47. The quantitative estimate of drug-likeness (QED) is 0.492. The highest BCUT2D eigenvalue weighted by molar-refractivity contribution is 5.57. The summed E-state index contributed by atoms with van der Waals surface area (Å²) in [5, 5.41) is 20.1. The largest absolute Gasteiger partial charge is 0.507 e. The fourth-order valence-electron chi connectivity index (χ4n) is 2.24. The van der Waals surface area contributed by atoms with Crippen molar-refractivity contribution in [1.29, 1.82) is 0 Å². The Labute approximate surface area is 112 Å². The van der Waals surface area contributed by atoms with Gasteiger partial charge in [-0.1, -0.05) is 0 Å². The average molecular weight is 258 g/mol. The highest BCUT2D eigenvalue weighted by atomic mass is 16.3. The number of nitrogens with two attached hydrogens (primary N) is 2. The van der Waals surface area contributed by atoms with Crippen molar-refractivity contribution in [3.63, 3.8) is 0 Å². The first-order chi connectivity index (χ1) is 8.88. The maximum absolute atomic E-state index is 10.0. The Kier molecular flexibility index (Phi) is 3.25. The van der Waals surface area contributed by atoms with E-state index in [1.807, 2.05) is 0 Å². The number of hydrogen-bond acceptors (Lipinski definition) is 4. The molecule has 0 saturated heterocycles. The summed E-state index contributed by atoms with van der Waals surface area (Å²) in [6.45, 7) is 3.58. The number of aryl methyl sites for hydroxylation is 2. The van der Waals surface area contributed by atoms with Crippen LogP contribution in [0.1, 0.15) is 22.3 Å². The van der Waals surface area contributed by atoms with E-state index in [0.717, 1.165) is 11.1 Å². The minimum atomic E-state index is 0.202. The Bertz CT molecular complexity index is 581. The molecule has 4 heteroatoms. The molecule has 0 amide bonds. The van der Waals surface area contributed by atoms with Crippen LogP contribution >= 0.6 is 0 Å². The van der Waals surface area contributed by atoms with E-state index < -0.39 is 0 Å². The minimum Gasteiger partial charge on any atom is -0.507 e. The summed E-state index contributed by atoms with van der Waals surface area (Å²) < 4.78 is 0. The van der Waals surface area contributed by atoms with Crippen molar-refractivity contribution < 1.29 is 10.2 Å². The van der Waals surface area contributed by atoms with Gasteiger partial charge in [0.15, 0.2) is 0 Å². The second-order valence-corrected chi connectivity index (χ2v) is 4.87. The molecule has 0 heterocycles. The summed E-state index contributed by atoms with van der Waals surface area (Å²) in [7, 11) is 0. The zero-order chi connectivity index (χ0) is 14.2. The fraction of sp³-hybridized carbons (Fsp3) is 0.200. The van der Waals surface area contributed by atoms with E-state index in [4.69, 9.17) is 11.5 Å². The van der Waals surface area contributed by atoms with Crippen molar-refractivity contribution >= 4 is 11.4 Å². The third-order valence-corrected chi connectivity index (χ3v) is 3.18. The summed E-state index contributed by atoms with van der Waals surface area (Å²) in [4.78, 5) is 0. The van der Waals surface area contributed by atoms with Crippen molar-refractivity contribution in [1.82, 2.24) is 0 Å². The van der Waals surface area contributed by atoms with Gasteiger partial charge in [0.1, 0.15) is 11.5 Å². The van der Waals surface area contributed by atoms with Crippen LogP contribution in [0.5, 0.6) is 11.5 Å². The molecule has 2 aromatic carbocycles. The number of phenolic OH excluding ortho intramolecular Hbond substituents is 2. The lowest BCUT2D eigenvalue weighted by molar-refractivity contribution is 0.459. The van der Waals surface area contributed by atoms with Gasteiger partial charge in [-0.05, 0) is 49.2 Å². The lowest BCUT2D eigenvalue weighted by Crippen LogP contribution is -1.97. The normalized spacial score (nSPS) is 10.6. The number of rotatable bonds is 2. The van der Waals surface area contributed by atoms with Crippen LogP contribution in [-0.2, 0) is 6.42 Å². The minimum absolute atomic E-state index is 0.202. The molecule has 0 radical (unpaired) electrons. The van der Waals surface area contributed by atoms with E-state index in [-0.39, 0.29) is 11.5 Å². The van der Waals surface area contributed by atoms with Gasteiger partial charge in [-0.15, -0.1) is 0 Å². The van der Waals surface area contributed by atoms with Gasteiger partial charge in [0.05, 0.1) is 0 Å². The Hall–Kier alpha value is -2.36. The SMILES string of the molecule is Cc1cc(N)cc(Cc2cc(N)cc(C)c2O)c1O. The molecule has 0 aliphatic heterocycles. The Morgan fingerprint density at radius 1 is 0.789 bits per heavy atom. The Balaban J connectivity index is 2.47. The lowest BCUT2D eigenvalue weighted by atomic mass is 9.98. The average Bonchev–Trinajstić information content (AvgIpc) is 2.31. The standard InChI is InChI=1S/C15H18N2O2/c1-8-3-12(16)6-10(14(8)18)5-11-7-13(17)4-9(2)15(11)19/h3-4,6-7,18-19H,5,16-17H2,1-2H3. The van der Waals surface area contributed by atoms with Crippen LogP contribution in [0.4, 0.5) is 11.4 Å². The molecule has 0 bridgehead atoms. The van der Waals surface area contributed by atoms with Gasteiger partial charge in [0, 0.05) is 28.9 Å². The van der Waals surface area contributed by atoms with Gasteiger partial charge in [-0.25, -0.2) is 0 Å². The van der Waals surface area contributed by atoms with Gasteiger partial charge in [0.2, 0.25) is 0 Å². The molecule has 19 heavy (non-hydrogen) atoms. The van der Waals surface area contributed by atoms with Crippen LogP contribution in [0.3, 0.4) is 0 Å². The molecule has 0 aliphatic carbocycles. The molecule has 0 fully saturated rings. The molecule has 2 aromatic rings. The molecule has 0 aromatic heterocycles. The van der Waals surface area contributed by atoms with Crippen LogP contribution in [0.2, 0.25) is 0 Å². The topological polar surface area (TPSA) is 92.5 Å². The molecule has 100 valence electrons. The van der Waals surface area contributed by atoms with Crippen LogP contribution < -0.4 is 11.5 Å². The van der Waals surface area contributed by atoms with Gasteiger partial charge in [-0.3, -0.25) is 0 Å². The maximum atomic E-state index is 10.0. The van der Waals surface area contributed by atoms with Crippen LogP contribution in [0.25, 0.3) is 0 Å². The van der Waals surface area contributed by atoms with E-state index in [1.54, 1.807) is 38.1 Å². The first-order valence-electron chi connectivity index (χ1n) is 6.04. The van der Waals surface area contributed by atoms with E-state index in [0.29, 0.717) is 28.9 Å². The van der Waals surface area contributed by atoms with E-state index in [2.05, 4.69) is 0 Å². The highest BCUT2D eigenvalue weighted by Gasteiger charge is 2.11. The molecular weight excluding hydrogens is 240 g/mol. The summed E-state index contributed by atoms with van der Waals surface area (Å²) in [6.07, 6.45) is 0.384. The third kappa shape index (κ3) is 2.57. The Morgan fingerprint density at radius 3 is 1.53 bits per heavy atom. The molecule has 0 atom stereocenters. The molecule has 0 saturated carbocycles. The van der Waals surface area contributed by atoms with Crippen molar-refractivity contribution in [3.8, 4) is 11.5 Å². The smallest absolute Gasteiger partial charge is 0.122 e. The summed E-state index contributed by atoms with van der Waals surface area (Å²) in [5.41, 5.74) is 15.5. The number of anilines is 2. The third-order valence-electron chi connectivity index (χ3n) is 3.18. The Morgan fingerprint density at radius 2 is 1.16 bits per heavy atom. The molecule has 0 aliphatic rings. The molecule has 0 spiro atoms. The van der Waals surface area contributed by atoms with Crippen LogP contribution in [0.15, 0.2) is 24.3 Å². The first kappa shape index (κ1) is 13.1. The van der Waals surface area contributed by atoms with E-state index in [1.165, 1.54) is 0 Å². The number of phenols is 2. The number of benzene rings is 2. The molecular formula is C15H18N2O2. The lowest BCUT2D eigenvalue weighted by Gasteiger charge is -2.12. The number of hydrogen-bond donors (Lipinski definition) is 4. The molecule has 6 N–H and O–H groups in total. The zero-order valence-electron chi connectivity index (χ0n) is 11.1. The van der Waals surface area contributed by atoms with Crippen molar-refractivity contribution in [3.05, 3.63) is 46.5 Å². The molecule has 4 nitrogen and oxygen atoms in total. The van der Waals surface area contributed by atoms with Crippen molar-refractivity contribution in [2.45, 2.75) is 20.3 Å². The van der Waals surface area contributed by atoms with Gasteiger partial charge in [0.25, 0.3) is 0 Å².